The summed E-state index contributed by atoms with van der Waals surface area (Å²) in [7, 11) is 0. The number of thioether (sulfide) groups is 1. The van der Waals surface area contributed by atoms with Crippen LogP contribution in [0, 0.1) is 0 Å². The number of ketones is 1. The zero-order chi connectivity index (χ0) is 13.2. The summed E-state index contributed by atoms with van der Waals surface area (Å²) in [4.78, 5) is 22.5. The van der Waals surface area contributed by atoms with Gasteiger partial charge in [0, 0.05) is 22.4 Å². The van der Waals surface area contributed by atoms with Crippen molar-refractivity contribution in [2.45, 2.75) is 44.1 Å². The molecule has 2 aromatic rings. The highest BCUT2D eigenvalue weighted by Gasteiger charge is 2.19. The maximum Gasteiger partial charge on any atom is 0.130 e. The number of aromatic nitrogens is 2. The van der Waals surface area contributed by atoms with Crippen LogP contribution in [0.1, 0.15) is 36.6 Å². The summed E-state index contributed by atoms with van der Waals surface area (Å²) in [5.74, 6) is 1.05. The van der Waals surface area contributed by atoms with Crippen LogP contribution in [0.4, 0.5) is 0 Å². The van der Waals surface area contributed by atoms with Crippen LogP contribution in [0.15, 0.2) is 11.4 Å². The van der Waals surface area contributed by atoms with E-state index >= 15 is 0 Å². The molecule has 1 aliphatic carbocycles. The summed E-state index contributed by atoms with van der Waals surface area (Å²) < 4.78 is 0. The SMILES string of the molecule is CC(=O)CCSc1ncnc2sc3c(c12)CCCC3. The fourth-order valence-electron chi connectivity index (χ4n) is 2.46. The van der Waals surface area contributed by atoms with Crippen LogP contribution >= 0.6 is 23.1 Å². The largest absolute Gasteiger partial charge is 0.300 e. The van der Waals surface area contributed by atoms with Gasteiger partial charge in [-0.1, -0.05) is 0 Å². The Kier molecular flexibility index (Phi) is 3.84. The van der Waals surface area contributed by atoms with E-state index in [2.05, 4.69) is 9.97 Å². The van der Waals surface area contributed by atoms with Crippen molar-refractivity contribution in [3.8, 4) is 0 Å². The van der Waals surface area contributed by atoms with Crippen molar-refractivity contribution >= 4 is 39.1 Å². The lowest BCUT2D eigenvalue weighted by Gasteiger charge is -2.11. The van der Waals surface area contributed by atoms with Gasteiger partial charge in [0.1, 0.15) is 22.0 Å². The first kappa shape index (κ1) is 13.1. The molecule has 0 saturated heterocycles. The molecule has 100 valence electrons. The van der Waals surface area contributed by atoms with Crippen LogP contribution in [0.2, 0.25) is 0 Å². The van der Waals surface area contributed by atoms with E-state index < -0.39 is 0 Å². The third kappa shape index (κ3) is 2.67. The Balaban J connectivity index is 1.95. The summed E-state index contributed by atoms with van der Waals surface area (Å²) in [5.41, 5.74) is 1.47. The highest BCUT2D eigenvalue weighted by atomic mass is 32.2. The van der Waals surface area contributed by atoms with E-state index in [0.717, 1.165) is 22.0 Å². The first-order valence-electron chi connectivity index (χ1n) is 6.63. The van der Waals surface area contributed by atoms with Crippen molar-refractivity contribution < 1.29 is 4.79 Å². The van der Waals surface area contributed by atoms with Crippen molar-refractivity contribution in [2.24, 2.45) is 0 Å². The third-order valence-electron chi connectivity index (χ3n) is 3.41. The van der Waals surface area contributed by atoms with E-state index in [1.165, 1.54) is 35.1 Å². The van der Waals surface area contributed by atoms with E-state index in [1.54, 1.807) is 25.0 Å². The molecular formula is C14H16N2OS2. The molecule has 0 fully saturated rings. The molecule has 0 aliphatic heterocycles. The van der Waals surface area contributed by atoms with Gasteiger partial charge in [-0.3, -0.25) is 4.79 Å². The fourth-order valence-corrected chi connectivity index (χ4v) is 4.82. The normalized spacial score (nSPS) is 14.6. The summed E-state index contributed by atoms with van der Waals surface area (Å²) in [6.07, 6.45) is 7.17. The van der Waals surface area contributed by atoms with Gasteiger partial charge in [0.05, 0.1) is 0 Å². The lowest BCUT2D eigenvalue weighted by Crippen LogP contribution is -1.99. The molecule has 0 amide bonds. The third-order valence-corrected chi connectivity index (χ3v) is 5.60. The lowest BCUT2D eigenvalue weighted by molar-refractivity contribution is -0.116. The minimum Gasteiger partial charge on any atom is -0.300 e. The number of carbonyl (C=O) groups excluding carboxylic acids is 1. The smallest absolute Gasteiger partial charge is 0.130 e. The minimum atomic E-state index is 0.241. The number of Topliss-reactive ketones (excluding diaryl/α,β-unsaturated/α-hetero) is 1. The average Bonchev–Trinajstić information content (AvgIpc) is 2.77. The van der Waals surface area contributed by atoms with Gasteiger partial charge < -0.3 is 0 Å². The van der Waals surface area contributed by atoms with Crippen LogP contribution in [-0.2, 0) is 17.6 Å². The Morgan fingerprint density at radius 1 is 1.37 bits per heavy atom. The maximum absolute atomic E-state index is 11.0. The second-order valence-electron chi connectivity index (χ2n) is 4.87. The Bertz CT molecular complexity index is 621. The van der Waals surface area contributed by atoms with Gasteiger partial charge >= 0.3 is 0 Å². The quantitative estimate of drug-likeness (QED) is 0.637. The Morgan fingerprint density at radius 3 is 3.05 bits per heavy atom. The number of rotatable bonds is 4. The molecule has 0 N–H and O–H groups in total. The average molecular weight is 292 g/mol. The summed E-state index contributed by atoms with van der Waals surface area (Å²) in [6, 6.07) is 0. The van der Waals surface area contributed by atoms with E-state index in [0.29, 0.717) is 6.42 Å². The molecule has 2 aromatic heterocycles. The molecule has 0 atom stereocenters. The topological polar surface area (TPSA) is 42.9 Å². The summed E-state index contributed by atoms with van der Waals surface area (Å²) >= 11 is 3.51. The van der Waals surface area contributed by atoms with Crippen molar-refractivity contribution in [1.29, 1.82) is 0 Å². The number of thiophene rings is 1. The zero-order valence-electron chi connectivity index (χ0n) is 10.9. The highest BCUT2D eigenvalue weighted by molar-refractivity contribution is 7.99. The Morgan fingerprint density at radius 2 is 2.21 bits per heavy atom. The molecule has 0 saturated carbocycles. The minimum absolute atomic E-state index is 0.241. The molecule has 19 heavy (non-hydrogen) atoms. The van der Waals surface area contributed by atoms with Crippen molar-refractivity contribution in [3.05, 3.63) is 16.8 Å². The van der Waals surface area contributed by atoms with Gasteiger partial charge in [-0.05, 0) is 38.2 Å². The molecule has 0 spiro atoms. The van der Waals surface area contributed by atoms with Gasteiger partial charge in [0.15, 0.2) is 0 Å². The second kappa shape index (κ2) is 5.59. The van der Waals surface area contributed by atoms with Crippen LogP contribution in [-0.4, -0.2) is 21.5 Å². The summed E-state index contributed by atoms with van der Waals surface area (Å²) in [6.45, 7) is 1.64. The summed E-state index contributed by atoms with van der Waals surface area (Å²) in [5, 5.41) is 2.32. The lowest BCUT2D eigenvalue weighted by atomic mass is 9.97. The van der Waals surface area contributed by atoms with E-state index in [1.807, 2.05) is 11.3 Å². The molecule has 0 radical (unpaired) electrons. The monoisotopic (exact) mass is 292 g/mol. The first-order valence-corrected chi connectivity index (χ1v) is 8.43. The molecule has 2 heterocycles. The molecule has 5 heteroatoms. The molecule has 0 bridgehead atoms. The molecule has 1 aliphatic rings. The van der Waals surface area contributed by atoms with E-state index in [-0.39, 0.29) is 5.78 Å². The van der Waals surface area contributed by atoms with Gasteiger partial charge in [-0.25, -0.2) is 9.97 Å². The second-order valence-corrected chi connectivity index (χ2v) is 7.04. The molecule has 3 rings (SSSR count). The number of aryl methyl sites for hydroxylation is 2. The van der Waals surface area contributed by atoms with E-state index in [9.17, 15) is 4.79 Å². The molecule has 0 aromatic carbocycles. The number of carbonyl (C=O) groups is 1. The fraction of sp³-hybridized carbons (Fsp3) is 0.500. The molecule has 0 unspecified atom stereocenters. The number of hydrogen-bond acceptors (Lipinski definition) is 5. The van der Waals surface area contributed by atoms with Crippen molar-refractivity contribution in [3.63, 3.8) is 0 Å². The molecule has 3 nitrogen and oxygen atoms in total. The van der Waals surface area contributed by atoms with Gasteiger partial charge in [-0.2, -0.15) is 0 Å². The van der Waals surface area contributed by atoms with Crippen LogP contribution in [0.3, 0.4) is 0 Å². The zero-order valence-corrected chi connectivity index (χ0v) is 12.6. The Labute approximate surface area is 120 Å². The number of fused-ring (bicyclic) bond motifs is 3. The standard InChI is InChI=1S/C14H16N2OS2/c1-9(17)6-7-18-13-12-10-4-2-3-5-11(10)19-14(12)16-8-15-13/h8H,2-7H2,1H3. The van der Waals surface area contributed by atoms with Gasteiger partial charge in [0.25, 0.3) is 0 Å². The van der Waals surface area contributed by atoms with E-state index in [4.69, 9.17) is 0 Å². The van der Waals surface area contributed by atoms with Crippen LogP contribution in [0.5, 0.6) is 0 Å². The van der Waals surface area contributed by atoms with Crippen LogP contribution in [0.25, 0.3) is 10.2 Å². The van der Waals surface area contributed by atoms with Gasteiger partial charge in [0.2, 0.25) is 0 Å². The maximum atomic E-state index is 11.0. The van der Waals surface area contributed by atoms with Crippen LogP contribution < -0.4 is 0 Å². The highest BCUT2D eigenvalue weighted by Crippen LogP contribution is 2.39. The van der Waals surface area contributed by atoms with Crippen molar-refractivity contribution in [1.82, 2.24) is 9.97 Å². The predicted octanol–water partition coefficient (Wildman–Crippen LogP) is 3.64. The Hall–Kier alpha value is -0.940. The van der Waals surface area contributed by atoms with Gasteiger partial charge in [-0.15, -0.1) is 23.1 Å². The number of nitrogens with zero attached hydrogens (tertiary/aromatic N) is 2. The first-order chi connectivity index (χ1) is 9.25. The predicted molar refractivity (Wildman–Crippen MR) is 80.1 cm³/mol. The molecular weight excluding hydrogens is 276 g/mol. The number of hydrogen-bond donors (Lipinski definition) is 0. The van der Waals surface area contributed by atoms with Crippen molar-refractivity contribution in [2.75, 3.05) is 5.75 Å².